The van der Waals surface area contributed by atoms with Crippen LogP contribution in [0.1, 0.15) is 69.7 Å². The Balaban J connectivity index is 1.35. The molecule has 38 heavy (non-hydrogen) atoms. The van der Waals surface area contributed by atoms with Gasteiger partial charge in [0.15, 0.2) is 0 Å². The molecule has 1 aliphatic carbocycles. The van der Waals surface area contributed by atoms with Crippen LogP contribution in [-0.4, -0.2) is 57.2 Å². The molecule has 1 atom stereocenters. The van der Waals surface area contributed by atoms with Crippen LogP contribution < -0.4 is 21.9 Å². The summed E-state index contributed by atoms with van der Waals surface area (Å²) in [6.45, 7) is 2.83. The Morgan fingerprint density at radius 2 is 2.05 bits per heavy atom. The maximum Gasteiger partial charge on any atom is 0.270 e. The van der Waals surface area contributed by atoms with Gasteiger partial charge in [-0.1, -0.05) is 0 Å². The van der Waals surface area contributed by atoms with Crippen molar-refractivity contribution in [2.75, 3.05) is 24.8 Å². The Labute approximate surface area is 232 Å². The van der Waals surface area contributed by atoms with Gasteiger partial charge in [0, 0.05) is 41.5 Å². The van der Waals surface area contributed by atoms with Crippen LogP contribution >= 0.6 is 22.7 Å². The van der Waals surface area contributed by atoms with Gasteiger partial charge in [0.25, 0.3) is 17.4 Å². The Kier molecular flexibility index (Phi) is 7.77. The maximum atomic E-state index is 13.3. The number of thiazole rings is 2. The first-order valence-electron chi connectivity index (χ1n) is 12.7. The number of aromatic nitrogens is 3. The lowest BCUT2D eigenvalue weighted by molar-refractivity contribution is 0.0942. The highest BCUT2D eigenvalue weighted by molar-refractivity contribution is 7.95. The fraction of sp³-hybridized carbons (Fsp3) is 0.500. The highest BCUT2D eigenvalue weighted by Crippen LogP contribution is 2.50. The summed E-state index contributed by atoms with van der Waals surface area (Å²) in [4.78, 5) is 47.9. The van der Waals surface area contributed by atoms with Crippen LogP contribution in [0.2, 0.25) is 0 Å². The quantitative estimate of drug-likeness (QED) is 0.239. The molecule has 12 heteroatoms. The van der Waals surface area contributed by atoms with Crippen LogP contribution in [0.25, 0.3) is 10.7 Å². The van der Waals surface area contributed by atoms with Crippen molar-refractivity contribution >= 4 is 45.4 Å². The van der Waals surface area contributed by atoms with E-state index in [1.54, 1.807) is 16.0 Å². The van der Waals surface area contributed by atoms with Crippen molar-refractivity contribution < 1.29 is 9.59 Å². The first-order chi connectivity index (χ1) is 18.2. The zero-order valence-corrected chi connectivity index (χ0v) is 24.3. The lowest BCUT2D eigenvalue weighted by atomic mass is 9.98. The predicted molar refractivity (Wildman–Crippen MR) is 154 cm³/mol. The van der Waals surface area contributed by atoms with Gasteiger partial charge in [0.05, 0.1) is 30.2 Å². The number of pyridine rings is 1. The Bertz CT molecular complexity index is 1420. The zero-order valence-electron chi connectivity index (χ0n) is 21.8. The Morgan fingerprint density at radius 3 is 2.76 bits per heavy atom. The smallest absolute Gasteiger partial charge is 0.270 e. The van der Waals surface area contributed by atoms with Crippen molar-refractivity contribution in [3.05, 3.63) is 54.7 Å². The Morgan fingerprint density at radius 1 is 1.26 bits per heavy atom. The molecule has 1 spiro atoms. The molecule has 0 radical (unpaired) electrons. The summed E-state index contributed by atoms with van der Waals surface area (Å²) in [5, 5.41) is 11.1. The largest absolute Gasteiger partial charge is 0.350 e. The van der Waals surface area contributed by atoms with Crippen molar-refractivity contribution in [1.82, 2.24) is 25.2 Å². The standard InChI is InChI=1S/C26H32N6O3S3/c1-15(27)5-6-19-22-16(26(7-8-26)31-24(22)35)11-21(33)32(19)12-20-29-18(14-36-20)25-30-17(13-37-25)23(34)28-9-4-10-38(2)3/h11,13-15H,4-10,12,27H2,1-3H3,(H-,28,31,34,35)/p+1/t15-/m0/s1. The van der Waals surface area contributed by atoms with Crippen molar-refractivity contribution in [2.45, 2.75) is 57.2 Å². The topological polar surface area (TPSA) is 132 Å². The molecule has 3 aromatic heterocycles. The van der Waals surface area contributed by atoms with Gasteiger partial charge >= 0.3 is 0 Å². The number of nitrogens with two attached hydrogens (primary N) is 1. The third-order valence-corrected chi connectivity index (χ3v) is 9.72. The summed E-state index contributed by atoms with van der Waals surface area (Å²) in [6, 6.07) is 1.57. The van der Waals surface area contributed by atoms with E-state index in [0.29, 0.717) is 52.2 Å². The SMILES string of the molecule is C[C@H](N)CCc1c2c(cc(=O)n1Cc1nc(-c3nc(C(=O)NCCC[S+](C)C)cs3)cs1)C1(CC1)NC2=O. The van der Waals surface area contributed by atoms with Crippen molar-refractivity contribution in [3.8, 4) is 10.7 Å². The van der Waals surface area contributed by atoms with Crippen LogP contribution in [0.4, 0.5) is 0 Å². The van der Waals surface area contributed by atoms with E-state index in [9.17, 15) is 14.4 Å². The molecular formula is C26H33N6O3S3+. The van der Waals surface area contributed by atoms with Gasteiger partial charge in [-0.3, -0.25) is 14.4 Å². The molecule has 1 aliphatic heterocycles. The van der Waals surface area contributed by atoms with E-state index in [0.717, 1.165) is 41.3 Å². The summed E-state index contributed by atoms with van der Waals surface area (Å²) in [5.74, 6) is 0.810. The van der Waals surface area contributed by atoms with E-state index in [1.165, 1.54) is 22.7 Å². The van der Waals surface area contributed by atoms with Gasteiger partial charge in [-0.05, 0) is 49.1 Å². The molecule has 0 aromatic carbocycles. The number of amides is 2. The van der Waals surface area contributed by atoms with E-state index < -0.39 is 0 Å². The van der Waals surface area contributed by atoms with Crippen molar-refractivity contribution in [2.24, 2.45) is 5.73 Å². The van der Waals surface area contributed by atoms with Crippen LogP contribution in [0.5, 0.6) is 0 Å². The molecule has 2 amide bonds. The van der Waals surface area contributed by atoms with E-state index in [1.807, 2.05) is 12.3 Å². The minimum atomic E-state index is -0.355. The highest BCUT2D eigenvalue weighted by atomic mass is 32.2. The minimum Gasteiger partial charge on any atom is -0.350 e. The second-order valence-electron chi connectivity index (χ2n) is 10.3. The second-order valence-corrected chi connectivity index (χ2v) is 14.5. The molecule has 0 unspecified atom stereocenters. The summed E-state index contributed by atoms with van der Waals surface area (Å²) in [5.41, 5.74) is 8.80. The third-order valence-electron chi connectivity index (χ3n) is 6.92. The number of nitrogens with zero attached hydrogens (tertiary/aromatic N) is 3. The number of nitrogens with one attached hydrogen (secondary N) is 2. The first kappa shape index (κ1) is 27.0. The van der Waals surface area contributed by atoms with Gasteiger partial charge in [-0.2, -0.15) is 0 Å². The number of fused-ring (bicyclic) bond motifs is 2. The van der Waals surface area contributed by atoms with E-state index in [2.05, 4.69) is 28.1 Å². The highest BCUT2D eigenvalue weighted by Gasteiger charge is 2.53. The average molecular weight is 574 g/mol. The first-order valence-corrected chi connectivity index (χ1v) is 16.7. The zero-order chi connectivity index (χ0) is 27.0. The van der Waals surface area contributed by atoms with Crippen LogP contribution in [0.3, 0.4) is 0 Å². The molecular weight excluding hydrogens is 541 g/mol. The van der Waals surface area contributed by atoms with E-state index >= 15 is 0 Å². The molecule has 3 aromatic rings. The monoisotopic (exact) mass is 573 g/mol. The molecule has 9 nitrogen and oxygen atoms in total. The lowest BCUT2D eigenvalue weighted by Gasteiger charge is -2.17. The summed E-state index contributed by atoms with van der Waals surface area (Å²) in [6.07, 6.45) is 8.28. The number of hydrogen-bond donors (Lipinski definition) is 3. The van der Waals surface area contributed by atoms with E-state index in [-0.39, 0.29) is 35.5 Å². The fourth-order valence-electron chi connectivity index (χ4n) is 4.76. The third kappa shape index (κ3) is 5.58. The minimum absolute atomic E-state index is 0.0490. The van der Waals surface area contributed by atoms with Crippen LogP contribution in [-0.2, 0) is 29.4 Å². The molecule has 1 saturated carbocycles. The summed E-state index contributed by atoms with van der Waals surface area (Å²) in [7, 11) is 0.364. The summed E-state index contributed by atoms with van der Waals surface area (Å²) >= 11 is 2.81. The van der Waals surface area contributed by atoms with Gasteiger partial charge in [0.2, 0.25) is 0 Å². The normalized spacial score (nSPS) is 16.1. The van der Waals surface area contributed by atoms with Gasteiger partial charge < -0.3 is 20.9 Å². The number of carbonyl (C=O) groups excluding carboxylic acids is 2. The van der Waals surface area contributed by atoms with Crippen molar-refractivity contribution in [1.29, 1.82) is 0 Å². The molecule has 5 rings (SSSR count). The van der Waals surface area contributed by atoms with Gasteiger partial charge in [0.1, 0.15) is 27.2 Å². The second kappa shape index (κ2) is 10.9. The molecule has 0 bridgehead atoms. The number of hydrogen-bond acceptors (Lipinski definition) is 8. The summed E-state index contributed by atoms with van der Waals surface area (Å²) < 4.78 is 1.67. The van der Waals surface area contributed by atoms with Crippen LogP contribution in [0.15, 0.2) is 21.6 Å². The maximum absolute atomic E-state index is 13.3. The molecule has 1 fully saturated rings. The average Bonchev–Trinajstić information content (AvgIpc) is 3.19. The fourth-order valence-corrected chi connectivity index (χ4v) is 7.08. The predicted octanol–water partition coefficient (Wildman–Crippen LogP) is 2.49. The van der Waals surface area contributed by atoms with Crippen LogP contribution in [0, 0.1) is 0 Å². The molecule has 2 aliphatic rings. The molecule has 202 valence electrons. The van der Waals surface area contributed by atoms with Gasteiger partial charge in [-0.15, -0.1) is 22.7 Å². The lowest BCUT2D eigenvalue weighted by Crippen LogP contribution is -2.28. The molecule has 4 N–H and O–H groups in total. The number of carbonyl (C=O) groups is 2. The van der Waals surface area contributed by atoms with E-state index in [4.69, 9.17) is 10.7 Å². The molecule has 4 heterocycles. The Hall–Kier alpha value is -2.54. The van der Waals surface area contributed by atoms with Crippen molar-refractivity contribution in [3.63, 3.8) is 0 Å². The molecule has 0 saturated heterocycles. The van der Waals surface area contributed by atoms with Gasteiger partial charge in [-0.25, -0.2) is 9.97 Å². The number of rotatable bonds is 11.